The Hall–Kier alpha value is -2.35. The maximum atomic E-state index is 12.0. The fraction of sp³-hybridized carbons (Fsp3) is 0.0625. The molecular weight excluding hydrogens is 222 g/mol. The van der Waals surface area contributed by atoms with Gasteiger partial charge in [-0.1, -0.05) is 54.6 Å². The lowest BCUT2D eigenvalue weighted by molar-refractivity contribution is -0.111. The average Bonchev–Trinajstić information content (AvgIpc) is 2.41. The molecule has 1 amide bonds. The fourth-order valence-electron chi connectivity index (χ4n) is 1.61. The molecule has 0 bridgehead atoms. The van der Waals surface area contributed by atoms with Crippen LogP contribution in [0.1, 0.15) is 11.1 Å². The van der Waals surface area contributed by atoms with E-state index in [0.29, 0.717) is 5.57 Å². The highest BCUT2D eigenvalue weighted by atomic mass is 16.1. The first-order chi connectivity index (χ1) is 8.66. The van der Waals surface area contributed by atoms with Crippen molar-refractivity contribution in [3.05, 3.63) is 72.3 Å². The lowest BCUT2D eigenvalue weighted by Gasteiger charge is -2.08. The third-order valence-corrected chi connectivity index (χ3v) is 2.71. The van der Waals surface area contributed by atoms with Gasteiger partial charge >= 0.3 is 0 Å². The quantitative estimate of drug-likeness (QED) is 0.811. The largest absolute Gasteiger partial charge is 0.322 e. The van der Waals surface area contributed by atoms with Gasteiger partial charge in [0.05, 0.1) is 0 Å². The highest BCUT2D eigenvalue weighted by Crippen LogP contribution is 2.15. The van der Waals surface area contributed by atoms with Gasteiger partial charge in [-0.15, -0.1) is 0 Å². The fourth-order valence-corrected chi connectivity index (χ4v) is 1.61. The summed E-state index contributed by atoms with van der Waals surface area (Å²) in [5.41, 5.74) is 3.25. The molecule has 2 heteroatoms. The lowest BCUT2D eigenvalue weighted by Crippen LogP contribution is -2.12. The zero-order chi connectivity index (χ0) is 13.0. The molecule has 1 N–H and O–H groups in total. The van der Waals surface area contributed by atoms with Crippen molar-refractivity contribution < 1.29 is 4.79 Å². The van der Waals surface area contributed by atoms with E-state index in [0.717, 1.165) is 16.8 Å². The molecule has 2 aromatic rings. The van der Waals surface area contributed by atoms with Gasteiger partial charge in [0.2, 0.25) is 0 Å². The molecule has 0 aromatic heterocycles. The summed E-state index contributed by atoms with van der Waals surface area (Å²) in [6.45, 7) is 5.83. The van der Waals surface area contributed by atoms with Gasteiger partial charge in [-0.05, 0) is 24.6 Å². The molecule has 0 unspecified atom stereocenters. The minimum atomic E-state index is -0.176. The number of carbonyl (C=O) groups is 1. The van der Waals surface area contributed by atoms with Gasteiger partial charge in [-0.3, -0.25) is 4.79 Å². The third-order valence-electron chi connectivity index (χ3n) is 2.71. The molecule has 18 heavy (non-hydrogen) atoms. The zero-order valence-electron chi connectivity index (χ0n) is 10.3. The number of rotatable bonds is 3. The number of anilines is 1. The van der Waals surface area contributed by atoms with Crippen LogP contribution in [0.2, 0.25) is 0 Å². The van der Waals surface area contributed by atoms with Gasteiger partial charge in [0.1, 0.15) is 0 Å². The van der Waals surface area contributed by atoms with Crippen molar-refractivity contribution in [2.75, 3.05) is 5.32 Å². The Kier molecular flexibility index (Phi) is 3.58. The molecule has 2 nitrogen and oxygen atoms in total. The maximum absolute atomic E-state index is 12.0. The summed E-state index contributed by atoms with van der Waals surface area (Å²) < 4.78 is 0. The molecule has 0 heterocycles. The molecule has 90 valence electrons. The van der Waals surface area contributed by atoms with Gasteiger partial charge in [-0.2, -0.15) is 0 Å². The van der Waals surface area contributed by atoms with Crippen molar-refractivity contribution in [1.29, 1.82) is 0 Å². The number of hydrogen-bond acceptors (Lipinski definition) is 1. The van der Waals surface area contributed by atoms with E-state index in [2.05, 4.69) is 11.9 Å². The van der Waals surface area contributed by atoms with Gasteiger partial charge in [-0.25, -0.2) is 0 Å². The normalized spacial score (nSPS) is 9.83. The Bertz CT molecular complexity index is 555. The van der Waals surface area contributed by atoms with E-state index < -0.39 is 0 Å². The van der Waals surface area contributed by atoms with Crippen LogP contribution < -0.4 is 5.32 Å². The van der Waals surface area contributed by atoms with E-state index in [-0.39, 0.29) is 5.91 Å². The van der Waals surface area contributed by atoms with Gasteiger partial charge in [0.15, 0.2) is 0 Å². The molecule has 0 aliphatic rings. The summed E-state index contributed by atoms with van der Waals surface area (Å²) in [5.74, 6) is -0.176. The van der Waals surface area contributed by atoms with Crippen LogP contribution in [0.5, 0.6) is 0 Å². The maximum Gasteiger partial charge on any atom is 0.255 e. The van der Waals surface area contributed by atoms with Crippen molar-refractivity contribution in [3.8, 4) is 0 Å². The molecule has 0 fully saturated rings. The number of amides is 1. The smallest absolute Gasteiger partial charge is 0.255 e. The number of benzene rings is 2. The summed E-state index contributed by atoms with van der Waals surface area (Å²) in [5, 5.41) is 2.83. The van der Waals surface area contributed by atoms with Crippen LogP contribution in [-0.2, 0) is 4.79 Å². The van der Waals surface area contributed by atoms with E-state index in [1.54, 1.807) is 0 Å². The predicted molar refractivity (Wildman–Crippen MR) is 75.3 cm³/mol. The number of aryl methyl sites for hydroxylation is 1. The van der Waals surface area contributed by atoms with Crippen LogP contribution in [0.4, 0.5) is 5.69 Å². The standard InChI is InChI=1S/C16H15NO/c1-12-8-10-15(11-9-12)17-16(18)13(2)14-6-4-3-5-7-14/h3-11H,2H2,1H3,(H,17,18). The molecule has 2 aromatic carbocycles. The molecule has 0 spiro atoms. The van der Waals surface area contributed by atoms with Crippen LogP contribution in [0, 0.1) is 6.92 Å². The van der Waals surface area contributed by atoms with Crippen LogP contribution in [0.15, 0.2) is 61.2 Å². The Labute approximate surface area is 107 Å². The number of nitrogens with one attached hydrogen (secondary N) is 1. The van der Waals surface area contributed by atoms with E-state index in [4.69, 9.17) is 0 Å². The minimum absolute atomic E-state index is 0.176. The third kappa shape index (κ3) is 2.86. The second kappa shape index (κ2) is 5.32. The predicted octanol–water partition coefficient (Wildman–Crippen LogP) is 3.65. The first kappa shape index (κ1) is 12.1. The van der Waals surface area contributed by atoms with Crippen molar-refractivity contribution in [2.45, 2.75) is 6.92 Å². The summed E-state index contributed by atoms with van der Waals surface area (Å²) in [4.78, 5) is 12.0. The van der Waals surface area contributed by atoms with E-state index in [1.807, 2.05) is 61.5 Å². The molecule has 0 aliphatic heterocycles. The molecule has 0 aliphatic carbocycles. The van der Waals surface area contributed by atoms with Crippen LogP contribution in [0.25, 0.3) is 5.57 Å². The Morgan fingerprint density at radius 3 is 2.22 bits per heavy atom. The van der Waals surface area contributed by atoms with E-state index in [1.165, 1.54) is 0 Å². The average molecular weight is 237 g/mol. The van der Waals surface area contributed by atoms with Crippen molar-refractivity contribution >= 4 is 17.2 Å². The van der Waals surface area contributed by atoms with Gasteiger partial charge < -0.3 is 5.32 Å². The van der Waals surface area contributed by atoms with Crippen molar-refractivity contribution in [1.82, 2.24) is 0 Å². The Morgan fingerprint density at radius 2 is 1.61 bits per heavy atom. The highest BCUT2D eigenvalue weighted by Gasteiger charge is 2.08. The summed E-state index contributed by atoms with van der Waals surface area (Å²) in [7, 11) is 0. The van der Waals surface area contributed by atoms with E-state index in [9.17, 15) is 4.79 Å². The van der Waals surface area contributed by atoms with Crippen LogP contribution in [0.3, 0.4) is 0 Å². The highest BCUT2D eigenvalue weighted by molar-refractivity contribution is 6.24. The Morgan fingerprint density at radius 1 is 1.00 bits per heavy atom. The van der Waals surface area contributed by atoms with Crippen molar-refractivity contribution in [2.24, 2.45) is 0 Å². The SMILES string of the molecule is C=C(C(=O)Nc1ccc(C)cc1)c1ccccc1. The van der Waals surface area contributed by atoms with E-state index >= 15 is 0 Å². The number of hydrogen-bond donors (Lipinski definition) is 1. The molecule has 0 saturated heterocycles. The molecule has 0 atom stereocenters. The summed E-state index contributed by atoms with van der Waals surface area (Å²) >= 11 is 0. The minimum Gasteiger partial charge on any atom is -0.322 e. The first-order valence-electron chi connectivity index (χ1n) is 5.79. The summed E-state index contributed by atoms with van der Waals surface area (Å²) in [6, 6.07) is 17.1. The van der Waals surface area contributed by atoms with Crippen LogP contribution in [-0.4, -0.2) is 5.91 Å². The molecular formula is C16H15NO. The lowest BCUT2D eigenvalue weighted by atomic mass is 10.1. The topological polar surface area (TPSA) is 29.1 Å². The van der Waals surface area contributed by atoms with Crippen LogP contribution >= 0.6 is 0 Å². The monoisotopic (exact) mass is 237 g/mol. The van der Waals surface area contributed by atoms with Gasteiger partial charge in [0.25, 0.3) is 5.91 Å². The van der Waals surface area contributed by atoms with Crippen molar-refractivity contribution in [3.63, 3.8) is 0 Å². The first-order valence-corrected chi connectivity index (χ1v) is 5.79. The molecule has 0 saturated carbocycles. The number of carbonyl (C=O) groups excluding carboxylic acids is 1. The summed E-state index contributed by atoms with van der Waals surface area (Å²) in [6.07, 6.45) is 0. The molecule has 0 radical (unpaired) electrons. The van der Waals surface area contributed by atoms with Gasteiger partial charge in [0, 0.05) is 11.3 Å². The zero-order valence-corrected chi connectivity index (χ0v) is 10.3. The molecule has 2 rings (SSSR count). The second-order valence-electron chi connectivity index (χ2n) is 4.16. The Balaban J connectivity index is 2.09. The second-order valence-corrected chi connectivity index (χ2v) is 4.16.